The van der Waals surface area contributed by atoms with Crippen LogP contribution in [0.15, 0.2) is 24.3 Å². The normalized spacial score (nSPS) is 34.8. The molecular weight excluding hydrogens is 220 g/mol. The number of aryl methyl sites for hydroxylation is 1. The smallest absolute Gasteiger partial charge is 0.0466 e. The van der Waals surface area contributed by atoms with E-state index in [1.165, 1.54) is 32.1 Å². The van der Waals surface area contributed by atoms with Crippen LogP contribution >= 0.6 is 0 Å². The van der Waals surface area contributed by atoms with Crippen LogP contribution in [0, 0.1) is 11.8 Å². The average molecular weight is 244 g/mol. The van der Waals surface area contributed by atoms with E-state index in [2.05, 4.69) is 36.6 Å². The minimum atomic E-state index is 0.192. The second-order valence-corrected chi connectivity index (χ2v) is 6.00. The van der Waals surface area contributed by atoms with Crippen LogP contribution in [0.1, 0.15) is 36.8 Å². The van der Waals surface area contributed by atoms with Crippen LogP contribution in [0.2, 0.25) is 0 Å². The molecular formula is C16H24N2. The Hall–Kier alpha value is -0.860. The van der Waals surface area contributed by atoms with Gasteiger partial charge in [-0.3, -0.25) is 0 Å². The maximum atomic E-state index is 5.93. The summed E-state index contributed by atoms with van der Waals surface area (Å²) in [5.74, 6) is 1.47. The second kappa shape index (κ2) is 4.67. The average Bonchev–Trinajstić information content (AvgIpc) is 2.46. The van der Waals surface area contributed by atoms with Crippen LogP contribution in [-0.4, -0.2) is 13.6 Å². The lowest BCUT2D eigenvalue weighted by Gasteiger charge is -2.51. The highest BCUT2D eigenvalue weighted by atomic mass is 15.0. The molecule has 3 unspecified atom stereocenters. The topological polar surface area (TPSA) is 38.0 Å². The van der Waals surface area contributed by atoms with E-state index in [9.17, 15) is 0 Å². The molecule has 1 saturated carbocycles. The molecule has 98 valence electrons. The Labute approximate surface area is 110 Å². The minimum absolute atomic E-state index is 0.192. The molecule has 2 nitrogen and oxygen atoms in total. The van der Waals surface area contributed by atoms with Crippen molar-refractivity contribution in [1.29, 1.82) is 0 Å². The van der Waals surface area contributed by atoms with Crippen LogP contribution in [0.3, 0.4) is 0 Å². The van der Waals surface area contributed by atoms with Gasteiger partial charge in [0.2, 0.25) is 0 Å². The summed E-state index contributed by atoms with van der Waals surface area (Å²) in [5.41, 5.74) is 9.21. The van der Waals surface area contributed by atoms with Crippen molar-refractivity contribution in [2.45, 2.75) is 37.6 Å². The lowest BCUT2D eigenvalue weighted by atomic mass is 9.60. The molecule has 0 radical (unpaired) electrons. The highest BCUT2D eigenvalue weighted by Crippen LogP contribution is 2.49. The minimum Gasteiger partial charge on any atom is -0.330 e. The molecule has 1 aromatic rings. The van der Waals surface area contributed by atoms with Crippen molar-refractivity contribution in [3.05, 3.63) is 35.4 Å². The fourth-order valence-corrected chi connectivity index (χ4v) is 4.27. The molecule has 3 rings (SSSR count). The van der Waals surface area contributed by atoms with Gasteiger partial charge in [-0.25, -0.2) is 0 Å². The fourth-order valence-electron chi connectivity index (χ4n) is 4.27. The summed E-state index contributed by atoms with van der Waals surface area (Å²) >= 11 is 0. The predicted molar refractivity (Wildman–Crippen MR) is 75.4 cm³/mol. The molecule has 1 fully saturated rings. The lowest BCUT2D eigenvalue weighted by Crippen LogP contribution is -2.53. The Morgan fingerprint density at radius 2 is 2.11 bits per heavy atom. The molecule has 0 aromatic heterocycles. The van der Waals surface area contributed by atoms with Crippen molar-refractivity contribution < 1.29 is 0 Å². The number of hydrogen-bond donors (Lipinski definition) is 2. The van der Waals surface area contributed by atoms with Crippen LogP contribution in [0.25, 0.3) is 0 Å². The van der Waals surface area contributed by atoms with Gasteiger partial charge in [-0.1, -0.05) is 24.3 Å². The van der Waals surface area contributed by atoms with Crippen molar-refractivity contribution in [2.75, 3.05) is 13.6 Å². The van der Waals surface area contributed by atoms with Gasteiger partial charge in [0, 0.05) is 5.54 Å². The molecule has 0 aliphatic heterocycles. The maximum Gasteiger partial charge on any atom is 0.0466 e. The number of hydrogen-bond acceptors (Lipinski definition) is 2. The summed E-state index contributed by atoms with van der Waals surface area (Å²) < 4.78 is 0. The SMILES string of the molecule is CNC12CC(CN)CCC1CCc1ccccc12. The quantitative estimate of drug-likeness (QED) is 0.838. The van der Waals surface area contributed by atoms with Gasteiger partial charge in [0.25, 0.3) is 0 Å². The molecule has 2 heteroatoms. The van der Waals surface area contributed by atoms with Gasteiger partial charge < -0.3 is 11.1 Å². The fraction of sp³-hybridized carbons (Fsp3) is 0.625. The van der Waals surface area contributed by atoms with Crippen molar-refractivity contribution in [1.82, 2.24) is 5.32 Å². The van der Waals surface area contributed by atoms with E-state index in [-0.39, 0.29) is 5.54 Å². The Morgan fingerprint density at radius 1 is 1.28 bits per heavy atom. The second-order valence-electron chi connectivity index (χ2n) is 6.00. The molecule has 0 saturated heterocycles. The summed E-state index contributed by atoms with van der Waals surface area (Å²) in [6.45, 7) is 0.832. The number of benzene rings is 1. The summed E-state index contributed by atoms with van der Waals surface area (Å²) in [5, 5.41) is 3.68. The molecule has 0 amide bonds. The van der Waals surface area contributed by atoms with Crippen molar-refractivity contribution in [3.63, 3.8) is 0 Å². The first kappa shape index (κ1) is 12.2. The van der Waals surface area contributed by atoms with Crippen LogP contribution in [0.4, 0.5) is 0 Å². The lowest BCUT2D eigenvalue weighted by molar-refractivity contribution is 0.0935. The Balaban J connectivity index is 2.05. The zero-order chi connectivity index (χ0) is 12.6. The number of nitrogens with one attached hydrogen (secondary N) is 1. The highest BCUT2D eigenvalue weighted by Gasteiger charge is 2.46. The molecule has 18 heavy (non-hydrogen) atoms. The van der Waals surface area contributed by atoms with Gasteiger partial charge in [-0.2, -0.15) is 0 Å². The van der Waals surface area contributed by atoms with Crippen LogP contribution in [0.5, 0.6) is 0 Å². The molecule has 0 bridgehead atoms. The van der Waals surface area contributed by atoms with Gasteiger partial charge in [0.05, 0.1) is 0 Å². The molecule has 2 aliphatic rings. The summed E-state index contributed by atoms with van der Waals surface area (Å²) in [7, 11) is 2.13. The summed E-state index contributed by atoms with van der Waals surface area (Å²) in [6, 6.07) is 8.99. The van der Waals surface area contributed by atoms with Crippen LogP contribution in [-0.2, 0) is 12.0 Å². The largest absolute Gasteiger partial charge is 0.330 e. The summed E-state index contributed by atoms with van der Waals surface area (Å²) in [4.78, 5) is 0. The van der Waals surface area contributed by atoms with E-state index in [1.54, 1.807) is 11.1 Å². The van der Waals surface area contributed by atoms with E-state index in [0.717, 1.165) is 12.5 Å². The predicted octanol–water partition coefficient (Wildman–Crippen LogP) is 2.42. The number of rotatable bonds is 2. The zero-order valence-electron chi connectivity index (χ0n) is 11.3. The molecule has 3 atom stereocenters. The molecule has 0 heterocycles. The van der Waals surface area contributed by atoms with Crippen molar-refractivity contribution >= 4 is 0 Å². The van der Waals surface area contributed by atoms with E-state index in [1.807, 2.05) is 0 Å². The Morgan fingerprint density at radius 3 is 2.89 bits per heavy atom. The molecule has 2 aliphatic carbocycles. The Kier molecular flexibility index (Phi) is 3.16. The van der Waals surface area contributed by atoms with E-state index in [4.69, 9.17) is 5.73 Å². The Bertz CT molecular complexity index is 429. The van der Waals surface area contributed by atoms with Crippen molar-refractivity contribution in [2.24, 2.45) is 17.6 Å². The van der Waals surface area contributed by atoms with E-state index >= 15 is 0 Å². The third kappa shape index (κ3) is 1.70. The maximum absolute atomic E-state index is 5.93. The van der Waals surface area contributed by atoms with Gasteiger partial charge in [-0.15, -0.1) is 0 Å². The first-order chi connectivity index (χ1) is 8.80. The first-order valence-corrected chi connectivity index (χ1v) is 7.27. The van der Waals surface area contributed by atoms with E-state index < -0.39 is 0 Å². The van der Waals surface area contributed by atoms with Gasteiger partial charge >= 0.3 is 0 Å². The molecule has 3 N–H and O–H groups in total. The zero-order valence-corrected chi connectivity index (χ0v) is 11.3. The standard InChI is InChI=1S/C16H24N2/c1-18-16-10-12(11-17)6-8-14(16)9-7-13-4-2-3-5-15(13)16/h2-5,12,14,18H,6-11,17H2,1H3. The number of nitrogens with two attached hydrogens (primary N) is 1. The molecule has 0 spiro atoms. The highest BCUT2D eigenvalue weighted by molar-refractivity contribution is 5.38. The third-order valence-electron chi connectivity index (χ3n) is 5.27. The van der Waals surface area contributed by atoms with Gasteiger partial charge in [0.15, 0.2) is 0 Å². The molecule has 1 aromatic carbocycles. The van der Waals surface area contributed by atoms with Crippen LogP contribution < -0.4 is 11.1 Å². The van der Waals surface area contributed by atoms with E-state index in [0.29, 0.717) is 5.92 Å². The first-order valence-electron chi connectivity index (χ1n) is 7.27. The monoisotopic (exact) mass is 244 g/mol. The summed E-state index contributed by atoms with van der Waals surface area (Å²) in [6.07, 6.45) is 6.43. The third-order valence-corrected chi connectivity index (χ3v) is 5.27. The van der Waals surface area contributed by atoms with Gasteiger partial charge in [0.1, 0.15) is 0 Å². The number of fused-ring (bicyclic) bond motifs is 3. The van der Waals surface area contributed by atoms with Gasteiger partial charge in [-0.05, 0) is 68.7 Å². The van der Waals surface area contributed by atoms with Crippen molar-refractivity contribution in [3.8, 4) is 0 Å².